The maximum Gasteiger partial charge on any atom is 0.331 e. The quantitative estimate of drug-likeness (QED) is 0.654. The van der Waals surface area contributed by atoms with Crippen LogP contribution in [0, 0.1) is 5.92 Å². The molecule has 0 aromatic carbocycles. The summed E-state index contributed by atoms with van der Waals surface area (Å²) in [5, 5.41) is 17.6. The largest absolute Gasteiger partial charge is 0.478 e. The molecule has 2 N–H and O–H groups in total. The zero-order valence-electron chi connectivity index (χ0n) is 7.70. The van der Waals surface area contributed by atoms with Gasteiger partial charge in [0.25, 0.3) is 0 Å². The van der Waals surface area contributed by atoms with Crippen LogP contribution in [0.1, 0.15) is 32.1 Å². The third kappa shape index (κ3) is 2.84. The second-order valence-electron chi connectivity index (χ2n) is 3.48. The van der Waals surface area contributed by atoms with E-state index in [1.807, 2.05) is 0 Å². The van der Waals surface area contributed by atoms with Crippen molar-refractivity contribution in [3.63, 3.8) is 0 Å². The molecule has 0 atom stereocenters. The van der Waals surface area contributed by atoms with E-state index in [1.165, 1.54) is 12.5 Å². The third-order valence-corrected chi connectivity index (χ3v) is 2.60. The van der Waals surface area contributed by atoms with E-state index in [1.54, 1.807) is 0 Å². The van der Waals surface area contributed by atoms with Crippen LogP contribution in [0.4, 0.5) is 0 Å². The zero-order chi connectivity index (χ0) is 9.68. The predicted octanol–water partition coefficient (Wildman–Crippen LogP) is 1.57. The number of rotatable bonds is 3. The molecule has 0 bridgehead atoms. The van der Waals surface area contributed by atoms with Crippen LogP contribution in [0.15, 0.2) is 11.6 Å². The van der Waals surface area contributed by atoms with Crippen molar-refractivity contribution in [3.05, 3.63) is 11.6 Å². The molecule has 74 valence electrons. The smallest absolute Gasteiger partial charge is 0.331 e. The molecule has 13 heavy (non-hydrogen) atoms. The first-order valence-corrected chi connectivity index (χ1v) is 4.80. The van der Waals surface area contributed by atoms with Crippen LogP contribution >= 0.6 is 0 Å². The topological polar surface area (TPSA) is 57.5 Å². The fraction of sp³-hybridized carbons (Fsp3) is 0.700. The average molecular weight is 184 g/mol. The van der Waals surface area contributed by atoms with Crippen LogP contribution in [0.2, 0.25) is 0 Å². The van der Waals surface area contributed by atoms with Gasteiger partial charge in [0, 0.05) is 5.57 Å². The molecule has 1 saturated carbocycles. The molecule has 0 radical (unpaired) electrons. The number of aliphatic hydroxyl groups excluding tert-OH is 1. The highest BCUT2D eigenvalue weighted by Gasteiger charge is 2.21. The van der Waals surface area contributed by atoms with E-state index in [4.69, 9.17) is 10.2 Å². The monoisotopic (exact) mass is 184 g/mol. The van der Waals surface area contributed by atoms with E-state index < -0.39 is 5.97 Å². The summed E-state index contributed by atoms with van der Waals surface area (Å²) in [5.41, 5.74) is 0.405. The van der Waals surface area contributed by atoms with Crippen molar-refractivity contribution in [2.75, 3.05) is 6.61 Å². The Hall–Kier alpha value is -0.830. The molecular weight excluding hydrogens is 168 g/mol. The first kappa shape index (κ1) is 10.3. The normalized spacial score (nSPS) is 20.2. The second kappa shape index (κ2) is 5.02. The summed E-state index contributed by atoms with van der Waals surface area (Å²) in [7, 11) is 0. The van der Waals surface area contributed by atoms with Gasteiger partial charge in [-0.1, -0.05) is 19.3 Å². The molecule has 3 heteroatoms. The summed E-state index contributed by atoms with van der Waals surface area (Å²) in [6.07, 6.45) is 6.78. The van der Waals surface area contributed by atoms with Gasteiger partial charge in [-0.2, -0.15) is 0 Å². The molecule has 0 spiro atoms. The number of hydrogen-bond acceptors (Lipinski definition) is 2. The molecule has 0 aromatic heterocycles. The predicted molar refractivity (Wildman–Crippen MR) is 49.4 cm³/mol. The Labute approximate surface area is 78.1 Å². The van der Waals surface area contributed by atoms with E-state index in [0.29, 0.717) is 5.57 Å². The lowest BCUT2D eigenvalue weighted by atomic mass is 9.83. The lowest BCUT2D eigenvalue weighted by Gasteiger charge is -2.21. The Kier molecular flexibility index (Phi) is 3.96. The minimum atomic E-state index is -0.874. The molecule has 0 amide bonds. The standard InChI is InChI=1S/C10H16O3/c11-7-6-9(10(12)13)8-4-2-1-3-5-8/h6,8,11H,1-5,7H2,(H,12,13). The lowest BCUT2D eigenvalue weighted by molar-refractivity contribution is -0.133. The number of aliphatic hydroxyl groups is 1. The van der Waals surface area contributed by atoms with Crippen LogP contribution in [-0.4, -0.2) is 22.8 Å². The third-order valence-electron chi connectivity index (χ3n) is 2.60. The van der Waals surface area contributed by atoms with Crippen molar-refractivity contribution in [1.29, 1.82) is 0 Å². The van der Waals surface area contributed by atoms with Gasteiger partial charge >= 0.3 is 5.97 Å². The second-order valence-corrected chi connectivity index (χ2v) is 3.48. The van der Waals surface area contributed by atoms with Gasteiger partial charge in [-0.3, -0.25) is 0 Å². The van der Waals surface area contributed by atoms with Crippen LogP contribution in [-0.2, 0) is 4.79 Å². The lowest BCUT2D eigenvalue weighted by Crippen LogP contribution is -2.16. The highest BCUT2D eigenvalue weighted by molar-refractivity contribution is 5.87. The zero-order valence-corrected chi connectivity index (χ0v) is 7.70. The van der Waals surface area contributed by atoms with Gasteiger partial charge in [0.1, 0.15) is 0 Å². The van der Waals surface area contributed by atoms with Crippen molar-refractivity contribution in [2.45, 2.75) is 32.1 Å². The Bertz CT molecular complexity index is 202. The van der Waals surface area contributed by atoms with Gasteiger partial charge in [0.2, 0.25) is 0 Å². The summed E-state index contributed by atoms with van der Waals surface area (Å²) < 4.78 is 0. The number of carbonyl (C=O) groups is 1. The molecule has 3 nitrogen and oxygen atoms in total. The molecule has 0 saturated heterocycles. The fourth-order valence-corrected chi connectivity index (χ4v) is 1.94. The van der Waals surface area contributed by atoms with E-state index in [-0.39, 0.29) is 12.5 Å². The maximum atomic E-state index is 10.8. The van der Waals surface area contributed by atoms with Gasteiger partial charge < -0.3 is 10.2 Å². The van der Waals surface area contributed by atoms with Crippen molar-refractivity contribution in [1.82, 2.24) is 0 Å². The van der Waals surface area contributed by atoms with Crippen LogP contribution in [0.25, 0.3) is 0 Å². The number of hydrogen-bond donors (Lipinski definition) is 2. The van der Waals surface area contributed by atoms with Crippen molar-refractivity contribution in [3.8, 4) is 0 Å². The average Bonchev–Trinajstić information content (AvgIpc) is 2.15. The SMILES string of the molecule is O=C(O)C(=CCO)C1CCCCC1. The molecule has 1 aliphatic carbocycles. The summed E-state index contributed by atoms with van der Waals surface area (Å²) in [4.78, 5) is 10.8. The van der Waals surface area contributed by atoms with Crippen molar-refractivity contribution >= 4 is 5.97 Å². The van der Waals surface area contributed by atoms with E-state index in [9.17, 15) is 4.79 Å². The summed E-state index contributed by atoms with van der Waals surface area (Å²) in [6, 6.07) is 0. The Morgan fingerprint density at radius 1 is 1.31 bits per heavy atom. The molecule has 1 rings (SSSR count). The van der Waals surface area contributed by atoms with Gasteiger partial charge in [0.05, 0.1) is 6.61 Å². The maximum absolute atomic E-state index is 10.8. The first-order chi connectivity index (χ1) is 6.25. The van der Waals surface area contributed by atoms with Crippen molar-refractivity contribution in [2.24, 2.45) is 5.92 Å². The number of aliphatic carboxylic acids is 1. The van der Waals surface area contributed by atoms with Crippen LogP contribution in [0.3, 0.4) is 0 Å². The van der Waals surface area contributed by atoms with Gasteiger partial charge in [-0.15, -0.1) is 0 Å². The Balaban J connectivity index is 2.63. The highest BCUT2D eigenvalue weighted by Crippen LogP contribution is 2.29. The van der Waals surface area contributed by atoms with Crippen molar-refractivity contribution < 1.29 is 15.0 Å². The molecule has 0 aromatic rings. The Morgan fingerprint density at radius 2 is 1.92 bits per heavy atom. The van der Waals surface area contributed by atoms with Gasteiger partial charge in [0.15, 0.2) is 0 Å². The van der Waals surface area contributed by atoms with Gasteiger partial charge in [-0.05, 0) is 24.8 Å². The molecule has 0 heterocycles. The van der Waals surface area contributed by atoms with E-state index in [2.05, 4.69) is 0 Å². The Morgan fingerprint density at radius 3 is 2.38 bits per heavy atom. The molecule has 1 aliphatic rings. The fourth-order valence-electron chi connectivity index (χ4n) is 1.94. The number of carboxylic acid groups (broad SMARTS) is 1. The van der Waals surface area contributed by atoms with Crippen LogP contribution < -0.4 is 0 Å². The molecular formula is C10H16O3. The number of carboxylic acids is 1. The van der Waals surface area contributed by atoms with E-state index >= 15 is 0 Å². The minimum Gasteiger partial charge on any atom is -0.478 e. The molecule has 0 unspecified atom stereocenters. The molecule has 1 fully saturated rings. The summed E-state index contributed by atoms with van der Waals surface area (Å²) in [6.45, 7) is -0.169. The summed E-state index contributed by atoms with van der Waals surface area (Å²) in [5.74, 6) is -0.709. The molecule has 0 aliphatic heterocycles. The minimum absolute atomic E-state index is 0.165. The van der Waals surface area contributed by atoms with Crippen LogP contribution in [0.5, 0.6) is 0 Å². The van der Waals surface area contributed by atoms with E-state index in [0.717, 1.165) is 25.7 Å². The highest BCUT2D eigenvalue weighted by atomic mass is 16.4. The first-order valence-electron chi connectivity index (χ1n) is 4.80. The van der Waals surface area contributed by atoms with Gasteiger partial charge in [-0.25, -0.2) is 4.79 Å². The summed E-state index contributed by atoms with van der Waals surface area (Å²) >= 11 is 0.